The maximum Gasteiger partial charge on any atom is 0.255 e. The molecule has 0 bridgehead atoms. The summed E-state index contributed by atoms with van der Waals surface area (Å²) in [6, 6.07) is 18.5. The molecule has 0 saturated carbocycles. The van der Waals surface area contributed by atoms with Gasteiger partial charge in [-0.2, -0.15) is 0 Å². The number of hydrogen-bond acceptors (Lipinski definition) is 4. The summed E-state index contributed by atoms with van der Waals surface area (Å²) in [5, 5.41) is 5.77. The van der Waals surface area contributed by atoms with E-state index in [1.807, 2.05) is 36.4 Å². The number of amides is 2. The van der Waals surface area contributed by atoms with E-state index in [2.05, 4.69) is 27.4 Å². The van der Waals surface area contributed by atoms with Crippen LogP contribution in [0.25, 0.3) is 0 Å². The summed E-state index contributed by atoms with van der Waals surface area (Å²) < 4.78 is 0. The second-order valence-corrected chi connectivity index (χ2v) is 8.72. The molecule has 6 nitrogen and oxygen atoms in total. The van der Waals surface area contributed by atoms with Gasteiger partial charge in [-0.05, 0) is 66.8 Å². The van der Waals surface area contributed by atoms with Gasteiger partial charge in [0.15, 0.2) is 0 Å². The molecule has 1 aliphatic rings. The van der Waals surface area contributed by atoms with Crippen molar-refractivity contribution in [3.05, 3.63) is 95.3 Å². The SMILES string of the molecule is C[C@H]1CCCN(Cc2ccc(C(=O)Nc3ccccc3C(=O)NCc3cccnc3)cc2)C1. The quantitative estimate of drug-likeness (QED) is 0.565. The average Bonchev–Trinajstić information content (AvgIpc) is 2.84. The summed E-state index contributed by atoms with van der Waals surface area (Å²) in [7, 11) is 0. The normalized spacial score (nSPS) is 16.2. The maximum absolute atomic E-state index is 12.9. The minimum Gasteiger partial charge on any atom is -0.348 e. The molecule has 33 heavy (non-hydrogen) atoms. The van der Waals surface area contributed by atoms with E-state index in [9.17, 15) is 9.59 Å². The number of carbonyl (C=O) groups excluding carboxylic acids is 2. The number of anilines is 1. The van der Waals surface area contributed by atoms with Crippen LogP contribution in [0.15, 0.2) is 73.1 Å². The fourth-order valence-electron chi connectivity index (χ4n) is 4.21. The zero-order valence-electron chi connectivity index (χ0n) is 19.0. The highest BCUT2D eigenvalue weighted by Gasteiger charge is 2.17. The van der Waals surface area contributed by atoms with Crippen LogP contribution in [0, 0.1) is 5.92 Å². The molecule has 6 heteroatoms. The number of nitrogens with one attached hydrogen (secondary N) is 2. The van der Waals surface area contributed by atoms with Crippen LogP contribution in [0.3, 0.4) is 0 Å². The highest BCUT2D eigenvalue weighted by atomic mass is 16.2. The number of carbonyl (C=O) groups is 2. The van der Waals surface area contributed by atoms with Crippen LogP contribution >= 0.6 is 0 Å². The molecule has 1 fully saturated rings. The van der Waals surface area contributed by atoms with Crippen molar-refractivity contribution in [1.29, 1.82) is 0 Å². The summed E-state index contributed by atoms with van der Waals surface area (Å²) in [5.74, 6) is 0.256. The average molecular weight is 443 g/mol. The van der Waals surface area contributed by atoms with E-state index in [1.54, 1.807) is 36.7 Å². The summed E-state index contributed by atoms with van der Waals surface area (Å²) in [6.45, 7) is 5.84. The molecular weight excluding hydrogens is 412 g/mol. The smallest absolute Gasteiger partial charge is 0.255 e. The Hall–Kier alpha value is -3.51. The number of likely N-dealkylation sites (tertiary alicyclic amines) is 1. The van der Waals surface area contributed by atoms with Gasteiger partial charge in [0.05, 0.1) is 11.3 Å². The molecule has 170 valence electrons. The van der Waals surface area contributed by atoms with Gasteiger partial charge < -0.3 is 10.6 Å². The number of aromatic nitrogens is 1. The zero-order valence-corrected chi connectivity index (χ0v) is 19.0. The summed E-state index contributed by atoms with van der Waals surface area (Å²) in [4.78, 5) is 32.1. The lowest BCUT2D eigenvalue weighted by Gasteiger charge is -2.30. The van der Waals surface area contributed by atoms with E-state index >= 15 is 0 Å². The molecule has 0 aliphatic carbocycles. The Bertz CT molecular complexity index is 1080. The van der Waals surface area contributed by atoms with Gasteiger partial charge in [-0.1, -0.05) is 37.3 Å². The maximum atomic E-state index is 12.9. The number of rotatable bonds is 7. The van der Waals surface area contributed by atoms with E-state index in [0.29, 0.717) is 23.4 Å². The third-order valence-electron chi connectivity index (χ3n) is 5.96. The van der Waals surface area contributed by atoms with E-state index in [1.165, 1.54) is 18.4 Å². The van der Waals surface area contributed by atoms with Gasteiger partial charge in [-0.25, -0.2) is 0 Å². The minimum absolute atomic E-state index is 0.236. The first-order chi connectivity index (χ1) is 16.1. The topological polar surface area (TPSA) is 74.3 Å². The van der Waals surface area contributed by atoms with Gasteiger partial charge in [0.25, 0.3) is 11.8 Å². The Labute approximate surface area is 195 Å². The standard InChI is InChI=1S/C27H30N4O2/c1-20-6-5-15-31(18-20)19-21-10-12-23(13-11-21)26(32)30-25-9-3-2-8-24(25)27(33)29-17-22-7-4-14-28-16-22/h2-4,7-14,16,20H,5-6,15,17-19H2,1H3,(H,29,33)(H,30,32)/t20-/m0/s1. The van der Waals surface area contributed by atoms with Crippen LogP contribution < -0.4 is 10.6 Å². The molecule has 2 amide bonds. The predicted octanol–water partition coefficient (Wildman–Crippen LogP) is 4.50. The Balaban J connectivity index is 1.37. The molecule has 2 heterocycles. The van der Waals surface area contributed by atoms with Crippen LogP contribution in [-0.2, 0) is 13.1 Å². The lowest BCUT2D eigenvalue weighted by atomic mass is 9.99. The van der Waals surface area contributed by atoms with Crippen molar-refractivity contribution in [1.82, 2.24) is 15.2 Å². The largest absolute Gasteiger partial charge is 0.348 e. The van der Waals surface area contributed by atoms with Crippen molar-refractivity contribution >= 4 is 17.5 Å². The van der Waals surface area contributed by atoms with Gasteiger partial charge in [0, 0.05) is 37.6 Å². The summed E-state index contributed by atoms with van der Waals surface area (Å²) in [5.41, 5.74) is 3.58. The number of benzene rings is 2. The minimum atomic E-state index is -0.249. The number of nitrogens with zero attached hydrogens (tertiary/aromatic N) is 2. The monoisotopic (exact) mass is 442 g/mol. The number of piperidine rings is 1. The van der Waals surface area contributed by atoms with Crippen LogP contribution in [0.1, 0.15) is 51.6 Å². The first kappa shape index (κ1) is 22.7. The van der Waals surface area contributed by atoms with Gasteiger partial charge in [0.2, 0.25) is 0 Å². The van der Waals surface area contributed by atoms with Crippen LogP contribution in [-0.4, -0.2) is 34.8 Å². The summed E-state index contributed by atoms with van der Waals surface area (Å²) >= 11 is 0. The van der Waals surface area contributed by atoms with Crippen molar-refractivity contribution in [2.75, 3.05) is 18.4 Å². The van der Waals surface area contributed by atoms with Crippen molar-refractivity contribution in [3.63, 3.8) is 0 Å². The molecule has 0 unspecified atom stereocenters. The molecule has 0 spiro atoms. The van der Waals surface area contributed by atoms with Gasteiger partial charge in [-0.3, -0.25) is 19.5 Å². The lowest BCUT2D eigenvalue weighted by Crippen LogP contribution is -2.33. The molecular formula is C27H30N4O2. The van der Waals surface area contributed by atoms with Crippen molar-refractivity contribution in [2.45, 2.75) is 32.9 Å². The van der Waals surface area contributed by atoms with E-state index in [4.69, 9.17) is 0 Å². The number of para-hydroxylation sites is 1. The van der Waals surface area contributed by atoms with Crippen LogP contribution in [0.4, 0.5) is 5.69 Å². The first-order valence-corrected chi connectivity index (χ1v) is 11.5. The Morgan fingerprint density at radius 3 is 2.58 bits per heavy atom. The first-order valence-electron chi connectivity index (χ1n) is 11.5. The van der Waals surface area contributed by atoms with Crippen molar-refractivity contribution < 1.29 is 9.59 Å². The van der Waals surface area contributed by atoms with E-state index < -0.39 is 0 Å². The molecule has 1 aromatic heterocycles. The highest BCUT2D eigenvalue weighted by Crippen LogP contribution is 2.19. The van der Waals surface area contributed by atoms with Gasteiger partial charge in [-0.15, -0.1) is 0 Å². The summed E-state index contributed by atoms with van der Waals surface area (Å²) in [6.07, 6.45) is 5.95. The van der Waals surface area contributed by atoms with Gasteiger partial charge in [0.1, 0.15) is 0 Å². The molecule has 1 aliphatic heterocycles. The van der Waals surface area contributed by atoms with E-state index in [-0.39, 0.29) is 11.8 Å². The van der Waals surface area contributed by atoms with Crippen LogP contribution in [0.2, 0.25) is 0 Å². The molecule has 2 N–H and O–H groups in total. The lowest BCUT2D eigenvalue weighted by molar-refractivity contribution is 0.0951. The second kappa shape index (κ2) is 10.9. The third kappa shape index (κ3) is 6.26. The zero-order chi connectivity index (χ0) is 23.0. The Morgan fingerprint density at radius 1 is 1.00 bits per heavy atom. The molecule has 3 aromatic rings. The third-order valence-corrected chi connectivity index (χ3v) is 5.96. The molecule has 4 rings (SSSR count). The molecule has 2 aromatic carbocycles. The Morgan fingerprint density at radius 2 is 1.82 bits per heavy atom. The second-order valence-electron chi connectivity index (χ2n) is 8.72. The number of hydrogen-bond donors (Lipinski definition) is 2. The predicted molar refractivity (Wildman–Crippen MR) is 130 cm³/mol. The van der Waals surface area contributed by atoms with Crippen molar-refractivity contribution in [3.8, 4) is 0 Å². The van der Waals surface area contributed by atoms with Gasteiger partial charge >= 0.3 is 0 Å². The fraction of sp³-hybridized carbons (Fsp3) is 0.296. The van der Waals surface area contributed by atoms with Crippen LogP contribution in [0.5, 0.6) is 0 Å². The number of pyridine rings is 1. The van der Waals surface area contributed by atoms with Crippen molar-refractivity contribution in [2.24, 2.45) is 5.92 Å². The van der Waals surface area contributed by atoms with E-state index in [0.717, 1.165) is 31.1 Å². The molecule has 1 saturated heterocycles. The molecule has 0 radical (unpaired) electrons. The Kier molecular flexibility index (Phi) is 7.47. The highest BCUT2D eigenvalue weighted by molar-refractivity contribution is 6.09. The fourth-order valence-corrected chi connectivity index (χ4v) is 4.21. The molecule has 1 atom stereocenters.